The van der Waals surface area contributed by atoms with Crippen LogP contribution >= 0.6 is 0 Å². The molecule has 0 aromatic carbocycles. The highest BCUT2D eigenvalue weighted by Crippen LogP contribution is 2.10. The Morgan fingerprint density at radius 1 is 1.50 bits per heavy atom. The molecule has 0 saturated heterocycles. The van der Waals surface area contributed by atoms with Crippen LogP contribution in [0, 0.1) is 11.3 Å². The highest BCUT2D eigenvalue weighted by Gasteiger charge is 2.11. The van der Waals surface area contributed by atoms with E-state index in [4.69, 9.17) is 5.41 Å². The van der Waals surface area contributed by atoms with Gasteiger partial charge in [0.15, 0.2) is 0 Å². The number of nitrogens with zero attached hydrogens (tertiary/aromatic N) is 1. The van der Waals surface area contributed by atoms with Crippen LogP contribution in [0.15, 0.2) is 0 Å². The topological polar surface area (TPSA) is 27.1 Å². The molecule has 0 aliphatic carbocycles. The first kappa shape index (κ1) is 9.47. The van der Waals surface area contributed by atoms with Gasteiger partial charge in [-0.1, -0.05) is 20.3 Å². The zero-order chi connectivity index (χ0) is 8.15. The molecule has 60 valence electrons. The summed E-state index contributed by atoms with van der Waals surface area (Å²) in [5.41, 5.74) is 0. The lowest BCUT2D eigenvalue weighted by molar-refractivity contribution is 0.292. The van der Waals surface area contributed by atoms with Gasteiger partial charge in [-0.3, -0.25) is 5.41 Å². The van der Waals surface area contributed by atoms with Crippen molar-refractivity contribution in [3.05, 3.63) is 0 Å². The van der Waals surface area contributed by atoms with Gasteiger partial charge in [-0.2, -0.15) is 0 Å². The summed E-state index contributed by atoms with van der Waals surface area (Å²) in [4.78, 5) is 1.94. The maximum absolute atomic E-state index is 7.01. The number of nitrogens with one attached hydrogen (secondary N) is 1. The maximum atomic E-state index is 7.01. The molecule has 0 fully saturated rings. The van der Waals surface area contributed by atoms with Crippen LogP contribution in [0.4, 0.5) is 0 Å². The Bertz CT molecular complexity index is 101. The fourth-order valence-corrected chi connectivity index (χ4v) is 0.860. The van der Waals surface area contributed by atoms with Crippen molar-refractivity contribution in [1.82, 2.24) is 4.90 Å². The van der Waals surface area contributed by atoms with Crippen LogP contribution < -0.4 is 0 Å². The summed E-state index contributed by atoms with van der Waals surface area (Å²) in [5, 5.41) is 7.01. The molecule has 1 N–H and O–H groups in total. The van der Waals surface area contributed by atoms with E-state index in [0.29, 0.717) is 12.0 Å². The standard InChI is InChI=1S/C8H18N2/c1-5-7(2)8(3)10(4)6-9/h6-9H,5H2,1-4H3. The van der Waals surface area contributed by atoms with Crippen molar-refractivity contribution in [3.63, 3.8) is 0 Å². The van der Waals surface area contributed by atoms with E-state index in [1.807, 2.05) is 11.9 Å². The van der Waals surface area contributed by atoms with Crippen molar-refractivity contribution in [3.8, 4) is 0 Å². The zero-order valence-corrected chi connectivity index (χ0v) is 7.39. The van der Waals surface area contributed by atoms with Crippen LogP contribution in [0.3, 0.4) is 0 Å². The van der Waals surface area contributed by atoms with Gasteiger partial charge in [-0.25, -0.2) is 0 Å². The minimum absolute atomic E-state index is 0.488. The summed E-state index contributed by atoms with van der Waals surface area (Å²) in [6.45, 7) is 6.54. The molecule has 0 rings (SSSR count). The molecule has 0 aromatic heterocycles. The largest absolute Gasteiger partial charge is 0.363 e. The summed E-state index contributed by atoms with van der Waals surface area (Å²) in [6, 6.07) is 0.488. The van der Waals surface area contributed by atoms with Crippen molar-refractivity contribution in [2.45, 2.75) is 33.2 Å². The number of rotatable bonds is 4. The van der Waals surface area contributed by atoms with E-state index in [1.165, 1.54) is 12.8 Å². The normalized spacial score (nSPS) is 16.0. The first-order chi connectivity index (χ1) is 4.63. The van der Waals surface area contributed by atoms with Crippen LogP contribution in [0.25, 0.3) is 0 Å². The number of hydrogen-bond acceptors (Lipinski definition) is 1. The lowest BCUT2D eigenvalue weighted by Gasteiger charge is -2.26. The van der Waals surface area contributed by atoms with Gasteiger partial charge in [-0.05, 0) is 12.8 Å². The lowest BCUT2D eigenvalue weighted by atomic mass is 10.0. The SMILES string of the molecule is CCC(C)C(C)N(C)C=N. The average Bonchev–Trinajstić information content (AvgIpc) is 2.00. The van der Waals surface area contributed by atoms with Crippen molar-refractivity contribution in [2.24, 2.45) is 5.92 Å². The van der Waals surface area contributed by atoms with E-state index in [0.717, 1.165) is 0 Å². The van der Waals surface area contributed by atoms with Gasteiger partial charge in [0.2, 0.25) is 0 Å². The van der Waals surface area contributed by atoms with E-state index in [-0.39, 0.29) is 0 Å². The van der Waals surface area contributed by atoms with Crippen LogP contribution in [-0.4, -0.2) is 24.3 Å². The predicted octanol–water partition coefficient (Wildman–Crippen LogP) is 1.96. The molecule has 0 aliphatic heterocycles. The fraction of sp³-hybridized carbons (Fsp3) is 0.875. The second kappa shape index (κ2) is 4.31. The summed E-state index contributed by atoms with van der Waals surface area (Å²) in [7, 11) is 1.95. The smallest absolute Gasteiger partial charge is 0.0817 e. The molecule has 2 nitrogen and oxygen atoms in total. The first-order valence-corrected chi connectivity index (χ1v) is 3.86. The van der Waals surface area contributed by atoms with Crippen molar-refractivity contribution >= 4 is 6.34 Å². The van der Waals surface area contributed by atoms with Crippen LogP contribution in [0.2, 0.25) is 0 Å². The Morgan fingerprint density at radius 2 is 2.00 bits per heavy atom. The average molecular weight is 142 g/mol. The third kappa shape index (κ3) is 2.38. The monoisotopic (exact) mass is 142 g/mol. The summed E-state index contributed by atoms with van der Waals surface area (Å²) < 4.78 is 0. The van der Waals surface area contributed by atoms with Gasteiger partial charge in [0.1, 0.15) is 0 Å². The van der Waals surface area contributed by atoms with Crippen LogP contribution in [0.1, 0.15) is 27.2 Å². The highest BCUT2D eigenvalue weighted by atomic mass is 15.1. The Kier molecular flexibility index (Phi) is 4.08. The molecule has 0 bridgehead atoms. The molecule has 0 saturated carbocycles. The zero-order valence-electron chi connectivity index (χ0n) is 7.39. The van der Waals surface area contributed by atoms with Gasteiger partial charge >= 0.3 is 0 Å². The molecular weight excluding hydrogens is 124 g/mol. The number of hydrogen-bond donors (Lipinski definition) is 1. The molecule has 0 aliphatic rings. The fourth-order valence-electron chi connectivity index (χ4n) is 0.860. The lowest BCUT2D eigenvalue weighted by Crippen LogP contribution is -2.32. The predicted molar refractivity (Wildman–Crippen MR) is 45.5 cm³/mol. The molecule has 0 heterocycles. The molecule has 2 atom stereocenters. The molecule has 0 radical (unpaired) electrons. The molecule has 10 heavy (non-hydrogen) atoms. The third-order valence-corrected chi connectivity index (χ3v) is 2.31. The Labute approximate surface area is 63.7 Å². The Hall–Kier alpha value is -0.530. The molecule has 2 heteroatoms. The van der Waals surface area contributed by atoms with E-state index >= 15 is 0 Å². The second-order valence-corrected chi connectivity index (χ2v) is 2.92. The Balaban J connectivity index is 3.80. The second-order valence-electron chi connectivity index (χ2n) is 2.92. The quantitative estimate of drug-likeness (QED) is 0.471. The van der Waals surface area contributed by atoms with Crippen LogP contribution in [0.5, 0.6) is 0 Å². The van der Waals surface area contributed by atoms with E-state index in [9.17, 15) is 0 Å². The van der Waals surface area contributed by atoms with Crippen LogP contribution in [-0.2, 0) is 0 Å². The van der Waals surface area contributed by atoms with Gasteiger partial charge < -0.3 is 4.90 Å². The van der Waals surface area contributed by atoms with Crippen molar-refractivity contribution < 1.29 is 0 Å². The minimum atomic E-state index is 0.488. The maximum Gasteiger partial charge on any atom is 0.0817 e. The summed E-state index contributed by atoms with van der Waals surface area (Å²) >= 11 is 0. The Morgan fingerprint density at radius 3 is 2.30 bits per heavy atom. The summed E-state index contributed by atoms with van der Waals surface area (Å²) in [6.07, 6.45) is 2.57. The van der Waals surface area contributed by atoms with Crippen molar-refractivity contribution in [2.75, 3.05) is 7.05 Å². The first-order valence-electron chi connectivity index (χ1n) is 3.86. The summed E-state index contributed by atoms with van der Waals surface area (Å²) in [5.74, 6) is 0.673. The molecular formula is C8H18N2. The van der Waals surface area contributed by atoms with E-state index in [1.54, 1.807) is 0 Å². The minimum Gasteiger partial charge on any atom is -0.363 e. The highest BCUT2D eigenvalue weighted by molar-refractivity contribution is 5.50. The molecule has 0 amide bonds. The van der Waals surface area contributed by atoms with Gasteiger partial charge in [0, 0.05) is 13.1 Å². The molecule has 0 spiro atoms. The van der Waals surface area contributed by atoms with Crippen molar-refractivity contribution in [1.29, 1.82) is 5.41 Å². The molecule has 0 aromatic rings. The third-order valence-electron chi connectivity index (χ3n) is 2.31. The van der Waals surface area contributed by atoms with Gasteiger partial charge in [0.05, 0.1) is 6.34 Å². The molecule has 2 unspecified atom stereocenters. The van der Waals surface area contributed by atoms with E-state index in [2.05, 4.69) is 20.8 Å². The van der Waals surface area contributed by atoms with E-state index < -0.39 is 0 Å². The van der Waals surface area contributed by atoms with Gasteiger partial charge in [0.25, 0.3) is 0 Å². The van der Waals surface area contributed by atoms with Gasteiger partial charge in [-0.15, -0.1) is 0 Å².